The van der Waals surface area contributed by atoms with E-state index in [-0.39, 0.29) is 18.0 Å². The number of hydrogen-bond acceptors (Lipinski definition) is 6. The normalized spacial score (nSPS) is 19.3. The van der Waals surface area contributed by atoms with Gasteiger partial charge in [-0.1, -0.05) is 0 Å². The topological polar surface area (TPSA) is 86.7 Å². The zero-order valence-electron chi connectivity index (χ0n) is 20.0. The summed E-state index contributed by atoms with van der Waals surface area (Å²) in [5.41, 5.74) is -0.452. The number of rotatable bonds is 6. The lowest BCUT2D eigenvalue weighted by Gasteiger charge is -2.36. The minimum atomic E-state index is -0.452. The van der Waals surface area contributed by atoms with E-state index in [0.29, 0.717) is 19.7 Å². The molecular formula is C22H41N5O4. The zero-order chi connectivity index (χ0) is 22.9. The number of esters is 1. The lowest BCUT2D eigenvalue weighted by Crippen LogP contribution is -2.50. The van der Waals surface area contributed by atoms with Gasteiger partial charge < -0.3 is 24.6 Å². The molecule has 0 spiro atoms. The molecule has 0 bridgehead atoms. The number of likely N-dealkylation sites (tertiary alicyclic amines) is 1. The smallest absolute Gasteiger partial charge is 0.410 e. The largest absolute Gasteiger partial charge is 0.466 e. The van der Waals surface area contributed by atoms with Crippen molar-refractivity contribution in [1.29, 1.82) is 0 Å². The van der Waals surface area contributed by atoms with E-state index < -0.39 is 5.60 Å². The van der Waals surface area contributed by atoms with Crippen LogP contribution in [-0.2, 0) is 14.3 Å². The number of guanidine groups is 1. The summed E-state index contributed by atoms with van der Waals surface area (Å²) in [6.07, 6.45) is 2.40. The van der Waals surface area contributed by atoms with Gasteiger partial charge >= 0.3 is 12.1 Å². The standard InChI is InChI=1S/C22H41N5O4/c1-6-30-19(28)18-8-12-26(13-9-18)20(23-5)24-10-7-11-25-14-16-27(17-15-25)21(29)31-22(2,3)4/h18H,6-17H2,1-5H3,(H,23,24). The van der Waals surface area contributed by atoms with Gasteiger partial charge in [-0.25, -0.2) is 4.79 Å². The van der Waals surface area contributed by atoms with Crippen LogP contribution in [0, 0.1) is 5.92 Å². The van der Waals surface area contributed by atoms with Gasteiger partial charge in [0, 0.05) is 52.9 Å². The molecule has 0 unspecified atom stereocenters. The Balaban J connectivity index is 1.62. The van der Waals surface area contributed by atoms with Crippen LogP contribution in [0.2, 0.25) is 0 Å². The summed E-state index contributed by atoms with van der Waals surface area (Å²) in [4.78, 5) is 34.9. The molecule has 0 saturated carbocycles. The van der Waals surface area contributed by atoms with Gasteiger partial charge in [-0.05, 0) is 53.5 Å². The molecule has 0 aliphatic carbocycles. The van der Waals surface area contributed by atoms with Crippen molar-refractivity contribution >= 4 is 18.0 Å². The Morgan fingerprint density at radius 1 is 1.03 bits per heavy atom. The number of nitrogens with one attached hydrogen (secondary N) is 1. The van der Waals surface area contributed by atoms with E-state index in [1.807, 2.05) is 27.7 Å². The van der Waals surface area contributed by atoms with E-state index >= 15 is 0 Å². The third kappa shape index (κ3) is 8.55. The molecule has 0 atom stereocenters. The number of ether oxygens (including phenoxy) is 2. The first kappa shape index (κ1) is 25.2. The zero-order valence-corrected chi connectivity index (χ0v) is 20.0. The van der Waals surface area contributed by atoms with Crippen LogP contribution in [0.4, 0.5) is 4.79 Å². The highest BCUT2D eigenvalue weighted by atomic mass is 16.6. The van der Waals surface area contributed by atoms with Crippen molar-refractivity contribution in [2.45, 2.75) is 52.6 Å². The molecule has 2 aliphatic rings. The van der Waals surface area contributed by atoms with Crippen molar-refractivity contribution in [1.82, 2.24) is 20.0 Å². The van der Waals surface area contributed by atoms with Gasteiger partial charge in [-0.2, -0.15) is 0 Å². The Hall–Kier alpha value is -2.03. The molecule has 2 fully saturated rings. The Labute approximate surface area is 187 Å². The summed E-state index contributed by atoms with van der Waals surface area (Å²) in [6, 6.07) is 0. The van der Waals surface area contributed by atoms with Gasteiger partial charge in [0.2, 0.25) is 0 Å². The second-order valence-corrected chi connectivity index (χ2v) is 9.15. The van der Waals surface area contributed by atoms with Crippen molar-refractivity contribution < 1.29 is 19.1 Å². The molecular weight excluding hydrogens is 398 g/mol. The van der Waals surface area contributed by atoms with E-state index in [9.17, 15) is 9.59 Å². The van der Waals surface area contributed by atoms with Gasteiger partial charge in [-0.15, -0.1) is 0 Å². The van der Waals surface area contributed by atoms with Crippen LogP contribution in [0.25, 0.3) is 0 Å². The van der Waals surface area contributed by atoms with E-state index in [0.717, 1.165) is 64.5 Å². The quantitative estimate of drug-likeness (QED) is 0.292. The van der Waals surface area contributed by atoms with E-state index in [1.54, 1.807) is 11.9 Å². The molecule has 2 heterocycles. The highest BCUT2D eigenvalue weighted by Gasteiger charge is 2.28. The van der Waals surface area contributed by atoms with Crippen molar-refractivity contribution in [3.63, 3.8) is 0 Å². The van der Waals surface area contributed by atoms with Gasteiger partial charge in [0.05, 0.1) is 12.5 Å². The lowest BCUT2D eigenvalue weighted by atomic mass is 9.97. The third-order valence-corrected chi connectivity index (χ3v) is 5.58. The van der Waals surface area contributed by atoms with Crippen LogP contribution < -0.4 is 5.32 Å². The number of amides is 1. The molecule has 9 heteroatoms. The van der Waals surface area contributed by atoms with Crippen molar-refractivity contribution in [2.75, 3.05) is 66.0 Å². The molecule has 0 aromatic rings. The fourth-order valence-electron chi connectivity index (χ4n) is 3.90. The van der Waals surface area contributed by atoms with Gasteiger partial charge in [0.25, 0.3) is 0 Å². The summed E-state index contributed by atoms with van der Waals surface area (Å²) in [6.45, 7) is 14.6. The number of carbonyl (C=O) groups is 2. The summed E-state index contributed by atoms with van der Waals surface area (Å²) >= 11 is 0. The maximum atomic E-state index is 12.2. The average molecular weight is 440 g/mol. The highest BCUT2D eigenvalue weighted by molar-refractivity contribution is 5.80. The van der Waals surface area contributed by atoms with Crippen LogP contribution in [0.3, 0.4) is 0 Å². The Bertz CT molecular complexity index is 604. The Kier molecular flexibility index (Phi) is 9.87. The molecule has 2 aliphatic heterocycles. The highest BCUT2D eigenvalue weighted by Crippen LogP contribution is 2.18. The Morgan fingerprint density at radius 2 is 1.68 bits per heavy atom. The first-order chi connectivity index (χ1) is 14.7. The third-order valence-electron chi connectivity index (χ3n) is 5.58. The first-order valence-electron chi connectivity index (χ1n) is 11.6. The SMILES string of the molecule is CCOC(=O)C1CCN(C(=NC)NCCCN2CCN(C(=O)OC(C)(C)C)CC2)CC1. The molecule has 0 aromatic carbocycles. The molecule has 178 valence electrons. The fraction of sp³-hybridized carbons (Fsp3) is 0.864. The molecule has 9 nitrogen and oxygen atoms in total. The van der Waals surface area contributed by atoms with Gasteiger partial charge in [0.15, 0.2) is 5.96 Å². The molecule has 1 amide bonds. The molecule has 2 saturated heterocycles. The number of piperidine rings is 1. The first-order valence-corrected chi connectivity index (χ1v) is 11.6. The minimum absolute atomic E-state index is 0.00801. The molecule has 0 radical (unpaired) electrons. The van der Waals surface area contributed by atoms with Crippen molar-refractivity contribution in [3.05, 3.63) is 0 Å². The summed E-state index contributed by atoms with van der Waals surface area (Å²) < 4.78 is 10.6. The Morgan fingerprint density at radius 3 is 2.23 bits per heavy atom. The van der Waals surface area contributed by atoms with Crippen LogP contribution in [-0.4, -0.2) is 104 Å². The maximum absolute atomic E-state index is 12.2. The number of piperazine rings is 1. The van der Waals surface area contributed by atoms with E-state index in [2.05, 4.69) is 20.1 Å². The lowest BCUT2D eigenvalue weighted by molar-refractivity contribution is -0.149. The van der Waals surface area contributed by atoms with E-state index in [1.165, 1.54) is 0 Å². The second kappa shape index (κ2) is 12.1. The molecule has 2 rings (SSSR count). The summed E-state index contributed by atoms with van der Waals surface area (Å²) in [5, 5.41) is 3.45. The van der Waals surface area contributed by atoms with Gasteiger partial charge in [-0.3, -0.25) is 14.7 Å². The molecule has 31 heavy (non-hydrogen) atoms. The van der Waals surface area contributed by atoms with Gasteiger partial charge in [0.1, 0.15) is 5.60 Å². The second-order valence-electron chi connectivity index (χ2n) is 9.15. The predicted octanol–water partition coefficient (Wildman–Crippen LogP) is 1.78. The monoisotopic (exact) mass is 439 g/mol. The number of nitrogens with zero attached hydrogens (tertiary/aromatic N) is 4. The van der Waals surface area contributed by atoms with Crippen LogP contribution in [0.5, 0.6) is 0 Å². The van der Waals surface area contributed by atoms with Crippen molar-refractivity contribution in [2.24, 2.45) is 10.9 Å². The maximum Gasteiger partial charge on any atom is 0.410 e. The number of carbonyl (C=O) groups excluding carboxylic acids is 2. The fourth-order valence-corrected chi connectivity index (χ4v) is 3.90. The summed E-state index contributed by atoms with van der Waals surface area (Å²) in [7, 11) is 1.80. The van der Waals surface area contributed by atoms with E-state index in [4.69, 9.17) is 9.47 Å². The molecule has 0 aromatic heterocycles. The number of aliphatic imine (C=N–C) groups is 1. The summed E-state index contributed by atoms with van der Waals surface area (Å²) in [5.74, 6) is 0.836. The van der Waals surface area contributed by atoms with Crippen LogP contribution in [0.1, 0.15) is 47.0 Å². The van der Waals surface area contributed by atoms with Crippen molar-refractivity contribution in [3.8, 4) is 0 Å². The predicted molar refractivity (Wildman–Crippen MR) is 121 cm³/mol. The number of hydrogen-bond donors (Lipinski definition) is 1. The molecule has 1 N–H and O–H groups in total. The van der Waals surface area contributed by atoms with Crippen LogP contribution >= 0.6 is 0 Å². The van der Waals surface area contributed by atoms with Crippen LogP contribution in [0.15, 0.2) is 4.99 Å². The minimum Gasteiger partial charge on any atom is -0.466 e. The average Bonchev–Trinajstić information content (AvgIpc) is 2.73.